The molecule has 4 heteroatoms. The van der Waals surface area contributed by atoms with Crippen LogP contribution >= 0.6 is 0 Å². The van der Waals surface area contributed by atoms with Crippen LogP contribution in [-0.4, -0.2) is 30.9 Å². The third-order valence-corrected chi connectivity index (χ3v) is 8.58. The molecular formula is C26H42O4. The summed E-state index contributed by atoms with van der Waals surface area (Å²) in [6.07, 6.45) is 18.7. The highest BCUT2D eigenvalue weighted by Crippen LogP contribution is 2.62. The summed E-state index contributed by atoms with van der Waals surface area (Å²) in [5, 5.41) is 9.75. The van der Waals surface area contributed by atoms with Gasteiger partial charge >= 0.3 is 5.97 Å². The number of unbranched alkanes of at least 4 members (excludes halogenated alkanes) is 3. The first-order valence-electron chi connectivity index (χ1n) is 12.6. The van der Waals surface area contributed by atoms with Crippen molar-refractivity contribution < 1.29 is 19.4 Å². The number of carboxylic acid groups (broad SMARTS) is 1. The van der Waals surface area contributed by atoms with Gasteiger partial charge in [-0.15, -0.1) is 0 Å². The predicted octanol–water partition coefficient (Wildman–Crippen LogP) is 6.35. The Labute approximate surface area is 182 Å². The van der Waals surface area contributed by atoms with Gasteiger partial charge in [-0.3, -0.25) is 0 Å². The van der Waals surface area contributed by atoms with Crippen LogP contribution in [0, 0.1) is 28.6 Å². The zero-order valence-corrected chi connectivity index (χ0v) is 19.0. The number of rotatable bonds is 13. The second kappa shape index (κ2) is 9.63. The van der Waals surface area contributed by atoms with E-state index in [1.807, 2.05) is 0 Å². The topological polar surface area (TPSA) is 55.8 Å². The highest BCUT2D eigenvalue weighted by molar-refractivity contribution is 5.86. The highest BCUT2D eigenvalue weighted by atomic mass is 16.5. The summed E-state index contributed by atoms with van der Waals surface area (Å²) in [5.41, 5.74) is 1.20. The molecule has 5 fully saturated rings. The molecule has 0 aromatic rings. The van der Waals surface area contributed by atoms with E-state index in [1.54, 1.807) is 6.26 Å². The van der Waals surface area contributed by atoms with Crippen LogP contribution in [0.1, 0.15) is 96.8 Å². The third kappa shape index (κ3) is 5.23. The van der Waals surface area contributed by atoms with Crippen LogP contribution in [0.25, 0.3) is 0 Å². The second-order valence-corrected chi connectivity index (χ2v) is 11.3. The van der Waals surface area contributed by atoms with Crippen LogP contribution in [-0.2, 0) is 14.3 Å². The Bertz CT molecular complexity index is 583. The zero-order valence-electron chi connectivity index (χ0n) is 19.0. The molecule has 170 valence electrons. The van der Waals surface area contributed by atoms with E-state index in [4.69, 9.17) is 9.47 Å². The number of hydrogen-bond acceptors (Lipinski definition) is 3. The Kier molecular flexibility index (Phi) is 7.12. The molecule has 1 saturated heterocycles. The maximum absolute atomic E-state index is 11.9. The van der Waals surface area contributed by atoms with Crippen LogP contribution in [0.2, 0.25) is 0 Å². The average Bonchev–Trinajstić information content (AvgIpc) is 2.66. The van der Waals surface area contributed by atoms with Crippen LogP contribution in [0.5, 0.6) is 0 Å². The minimum Gasteiger partial charge on any atom is -0.501 e. The van der Waals surface area contributed by atoms with E-state index in [1.165, 1.54) is 70.6 Å². The minimum atomic E-state index is -0.784. The highest BCUT2D eigenvalue weighted by Gasteiger charge is 2.51. The largest absolute Gasteiger partial charge is 0.501 e. The van der Waals surface area contributed by atoms with Gasteiger partial charge in [0.15, 0.2) is 0 Å². The molecule has 0 atom stereocenters. The van der Waals surface area contributed by atoms with E-state index in [-0.39, 0.29) is 5.41 Å². The molecule has 0 amide bonds. The van der Waals surface area contributed by atoms with Crippen molar-refractivity contribution >= 4 is 5.97 Å². The maximum atomic E-state index is 11.9. The molecule has 4 bridgehead atoms. The van der Waals surface area contributed by atoms with Gasteiger partial charge in [-0.2, -0.15) is 0 Å². The fourth-order valence-corrected chi connectivity index (χ4v) is 7.46. The zero-order chi connectivity index (χ0) is 21.0. The summed E-state index contributed by atoms with van der Waals surface area (Å²) in [5.74, 6) is 1.78. The quantitative estimate of drug-likeness (QED) is 0.215. The van der Waals surface area contributed by atoms with Crippen LogP contribution < -0.4 is 0 Å². The molecule has 4 saturated carbocycles. The average molecular weight is 419 g/mol. The van der Waals surface area contributed by atoms with Gasteiger partial charge in [-0.05, 0) is 87.4 Å². The fourth-order valence-electron chi connectivity index (χ4n) is 7.46. The standard InChI is InChI=1S/C26H42O4/c1-2-3-7-25(18-30-19-25)8-5-4-6-9-29-17-23(24(27)28)16-26-13-20-10-21(14-26)12-22(11-20)15-26/h17,20-22H,2-16,18-19H2,1H3,(H,27,28). The number of carboxylic acids is 1. The first-order chi connectivity index (χ1) is 14.5. The van der Waals surface area contributed by atoms with Crippen molar-refractivity contribution in [1.29, 1.82) is 0 Å². The summed E-state index contributed by atoms with van der Waals surface area (Å²) >= 11 is 0. The Balaban J connectivity index is 1.18. The van der Waals surface area contributed by atoms with E-state index < -0.39 is 5.97 Å². The van der Waals surface area contributed by atoms with Crippen molar-refractivity contribution in [2.45, 2.75) is 96.8 Å². The molecule has 0 spiro atoms. The molecule has 1 heterocycles. The van der Waals surface area contributed by atoms with Gasteiger partial charge in [-0.1, -0.05) is 32.6 Å². The van der Waals surface area contributed by atoms with Gasteiger partial charge in [-0.25, -0.2) is 4.79 Å². The summed E-state index contributed by atoms with van der Waals surface area (Å²) in [7, 11) is 0. The molecule has 0 aromatic heterocycles. The van der Waals surface area contributed by atoms with Crippen molar-refractivity contribution in [3.05, 3.63) is 11.8 Å². The lowest BCUT2D eigenvalue weighted by atomic mass is 9.48. The molecule has 30 heavy (non-hydrogen) atoms. The Morgan fingerprint density at radius 2 is 1.63 bits per heavy atom. The van der Waals surface area contributed by atoms with Gasteiger partial charge in [0.25, 0.3) is 0 Å². The van der Waals surface area contributed by atoms with Gasteiger partial charge in [0.1, 0.15) is 0 Å². The normalized spacial score (nSPS) is 34.0. The minimum absolute atomic E-state index is 0.250. The predicted molar refractivity (Wildman–Crippen MR) is 118 cm³/mol. The van der Waals surface area contributed by atoms with Crippen molar-refractivity contribution in [3.8, 4) is 0 Å². The van der Waals surface area contributed by atoms with Crippen LogP contribution in [0.4, 0.5) is 0 Å². The summed E-state index contributed by atoms with van der Waals surface area (Å²) < 4.78 is 11.2. The van der Waals surface area contributed by atoms with Crippen LogP contribution in [0.15, 0.2) is 11.8 Å². The summed E-state index contributed by atoms with van der Waals surface area (Å²) in [4.78, 5) is 11.9. The lowest BCUT2D eigenvalue weighted by Crippen LogP contribution is -2.46. The maximum Gasteiger partial charge on any atom is 0.334 e. The van der Waals surface area contributed by atoms with Crippen molar-refractivity contribution in [2.75, 3.05) is 19.8 Å². The molecule has 4 nitrogen and oxygen atoms in total. The molecule has 5 aliphatic rings. The molecule has 0 aromatic carbocycles. The summed E-state index contributed by atoms with van der Waals surface area (Å²) in [6, 6.07) is 0. The molecule has 0 radical (unpaired) electrons. The smallest absolute Gasteiger partial charge is 0.334 e. The van der Waals surface area contributed by atoms with Gasteiger partial charge < -0.3 is 14.6 Å². The molecule has 5 rings (SSSR count). The first kappa shape index (κ1) is 22.2. The molecule has 0 unspecified atom stereocenters. The van der Waals surface area contributed by atoms with E-state index in [0.717, 1.165) is 43.8 Å². The van der Waals surface area contributed by atoms with Crippen molar-refractivity contribution in [2.24, 2.45) is 28.6 Å². The van der Waals surface area contributed by atoms with Crippen molar-refractivity contribution in [1.82, 2.24) is 0 Å². The van der Waals surface area contributed by atoms with Gasteiger partial charge in [0.05, 0.1) is 31.7 Å². The third-order valence-electron chi connectivity index (χ3n) is 8.58. The monoisotopic (exact) mass is 418 g/mol. The Hall–Kier alpha value is -1.03. The number of hydrogen-bond donors (Lipinski definition) is 1. The first-order valence-corrected chi connectivity index (χ1v) is 12.6. The van der Waals surface area contributed by atoms with E-state index in [2.05, 4.69) is 6.92 Å². The summed E-state index contributed by atoms with van der Waals surface area (Å²) in [6.45, 7) is 4.78. The van der Waals surface area contributed by atoms with Gasteiger partial charge in [0, 0.05) is 5.41 Å². The van der Waals surface area contributed by atoms with E-state index in [0.29, 0.717) is 24.0 Å². The van der Waals surface area contributed by atoms with Crippen molar-refractivity contribution in [3.63, 3.8) is 0 Å². The lowest BCUT2D eigenvalue weighted by molar-refractivity contribution is -0.134. The molecular weight excluding hydrogens is 376 g/mol. The van der Waals surface area contributed by atoms with E-state index in [9.17, 15) is 9.90 Å². The molecule has 1 N–H and O–H groups in total. The lowest BCUT2D eigenvalue weighted by Gasteiger charge is -2.57. The number of ether oxygens (including phenoxy) is 2. The molecule has 4 aliphatic carbocycles. The second-order valence-electron chi connectivity index (χ2n) is 11.3. The Morgan fingerprint density at radius 1 is 1.00 bits per heavy atom. The Morgan fingerprint density at radius 3 is 2.17 bits per heavy atom. The van der Waals surface area contributed by atoms with E-state index >= 15 is 0 Å². The fraction of sp³-hybridized carbons (Fsp3) is 0.885. The number of carbonyl (C=O) groups is 1. The SMILES string of the molecule is CCCCC1(CCCCCOC=C(CC23CC4CC(CC(C4)C2)C3)C(=O)O)COC1. The number of aliphatic carboxylic acids is 1. The van der Waals surface area contributed by atoms with Crippen LogP contribution in [0.3, 0.4) is 0 Å². The van der Waals surface area contributed by atoms with Gasteiger partial charge in [0.2, 0.25) is 0 Å². The molecule has 1 aliphatic heterocycles.